The van der Waals surface area contributed by atoms with Gasteiger partial charge in [-0.25, -0.2) is 0 Å². The Morgan fingerprint density at radius 1 is 1.37 bits per heavy atom. The van der Waals surface area contributed by atoms with Crippen LogP contribution in [0, 0.1) is 5.92 Å². The molecule has 1 aliphatic rings. The molecule has 19 heavy (non-hydrogen) atoms. The van der Waals surface area contributed by atoms with E-state index in [0.29, 0.717) is 11.3 Å². The van der Waals surface area contributed by atoms with Crippen molar-refractivity contribution in [2.45, 2.75) is 19.8 Å². The van der Waals surface area contributed by atoms with Gasteiger partial charge in [0.1, 0.15) is 0 Å². The summed E-state index contributed by atoms with van der Waals surface area (Å²) in [5, 5.41) is 6.09. The molecular weight excluding hydrogens is 264 g/mol. The molecule has 0 unspecified atom stereocenters. The lowest BCUT2D eigenvalue weighted by Gasteiger charge is -2.21. The summed E-state index contributed by atoms with van der Waals surface area (Å²) in [6.45, 7) is 3.24. The summed E-state index contributed by atoms with van der Waals surface area (Å²) in [6.07, 6.45) is 1.96. The van der Waals surface area contributed by atoms with E-state index < -0.39 is 0 Å². The highest BCUT2D eigenvalue weighted by Gasteiger charge is 2.20. The van der Waals surface area contributed by atoms with Crippen molar-refractivity contribution in [3.05, 3.63) is 29.8 Å². The first-order chi connectivity index (χ1) is 8.66. The standard InChI is InChI=1S/C14H18N2O2.ClH/c1-10(17)11-4-2-6-13(8-11)16-14(18)12-5-3-7-15-9-12;/h2,4,6,8,12,15H,3,5,7,9H2,1H3,(H,16,18);1H/t12-;/m1./s1. The highest BCUT2D eigenvalue weighted by atomic mass is 35.5. The van der Waals surface area contributed by atoms with Crippen LogP contribution >= 0.6 is 12.4 Å². The molecule has 1 amide bonds. The van der Waals surface area contributed by atoms with Crippen LogP contribution in [0.3, 0.4) is 0 Å². The van der Waals surface area contributed by atoms with Crippen molar-refractivity contribution in [1.29, 1.82) is 0 Å². The molecule has 1 fully saturated rings. The molecule has 0 spiro atoms. The lowest BCUT2D eigenvalue weighted by atomic mass is 9.98. The van der Waals surface area contributed by atoms with Crippen LogP contribution in [0.15, 0.2) is 24.3 Å². The van der Waals surface area contributed by atoms with E-state index in [2.05, 4.69) is 10.6 Å². The van der Waals surface area contributed by atoms with Gasteiger partial charge in [-0.1, -0.05) is 12.1 Å². The molecular formula is C14H19ClN2O2. The van der Waals surface area contributed by atoms with Crippen LogP contribution < -0.4 is 10.6 Å². The molecule has 4 nitrogen and oxygen atoms in total. The van der Waals surface area contributed by atoms with Gasteiger partial charge in [0.2, 0.25) is 5.91 Å². The smallest absolute Gasteiger partial charge is 0.228 e. The third-order valence-electron chi connectivity index (χ3n) is 3.20. The van der Waals surface area contributed by atoms with Crippen molar-refractivity contribution < 1.29 is 9.59 Å². The topological polar surface area (TPSA) is 58.2 Å². The molecule has 5 heteroatoms. The fourth-order valence-electron chi connectivity index (χ4n) is 2.14. The first kappa shape index (κ1) is 15.7. The summed E-state index contributed by atoms with van der Waals surface area (Å²) in [7, 11) is 0. The van der Waals surface area contributed by atoms with Crippen molar-refractivity contribution >= 4 is 29.8 Å². The number of carbonyl (C=O) groups excluding carboxylic acids is 2. The third-order valence-corrected chi connectivity index (χ3v) is 3.20. The number of anilines is 1. The summed E-state index contributed by atoms with van der Waals surface area (Å²) >= 11 is 0. The molecule has 1 aromatic carbocycles. The van der Waals surface area contributed by atoms with Crippen molar-refractivity contribution in [3.8, 4) is 0 Å². The third kappa shape index (κ3) is 4.33. The fraction of sp³-hybridized carbons (Fsp3) is 0.429. The van der Waals surface area contributed by atoms with Crippen LogP contribution in [0.5, 0.6) is 0 Å². The van der Waals surface area contributed by atoms with Gasteiger partial charge in [-0.15, -0.1) is 12.4 Å². The van der Waals surface area contributed by atoms with Gasteiger partial charge in [0, 0.05) is 17.8 Å². The normalized spacial score (nSPS) is 18.3. The Kier molecular flexibility index (Phi) is 5.99. The predicted molar refractivity (Wildman–Crippen MR) is 77.9 cm³/mol. The van der Waals surface area contributed by atoms with Gasteiger partial charge >= 0.3 is 0 Å². The first-order valence-corrected chi connectivity index (χ1v) is 6.29. The SMILES string of the molecule is CC(=O)c1cccc(NC(=O)[C@@H]2CCCNC2)c1.Cl. The minimum atomic E-state index is 0. The van der Waals surface area contributed by atoms with Gasteiger partial charge in [-0.3, -0.25) is 9.59 Å². The van der Waals surface area contributed by atoms with Crippen LogP contribution in [0.1, 0.15) is 30.1 Å². The average molecular weight is 283 g/mol. The van der Waals surface area contributed by atoms with Gasteiger partial charge in [0.15, 0.2) is 5.78 Å². The maximum atomic E-state index is 12.0. The Morgan fingerprint density at radius 3 is 2.79 bits per heavy atom. The second kappa shape index (κ2) is 7.26. The largest absolute Gasteiger partial charge is 0.326 e. The van der Waals surface area contributed by atoms with E-state index in [1.165, 1.54) is 6.92 Å². The van der Waals surface area contributed by atoms with E-state index in [1.54, 1.807) is 24.3 Å². The lowest BCUT2D eigenvalue weighted by Crippen LogP contribution is -2.37. The number of hydrogen-bond donors (Lipinski definition) is 2. The minimum absolute atomic E-state index is 0. The van der Waals surface area contributed by atoms with Gasteiger partial charge < -0.3 is 10.6 Å². The molecule has 1 saturated heterocycles. The number of halogens is 1. The molecule has 2 rings (SSSR count). The Balaban J connectivity index is 0.00000180. The summed E-state index contributed by atoms with van der Waals surface area (Å²) in [4.78, 5) is 23.3. The molecule has 104 valence electrons. The monoisotopic (exact) mass is 282 g/mol. The van der Waals surface area contributed by atoms with E-state index in [-0.39, 0.29) is 30.0 Å². The number of carbonyl (C=O) groups is 2. The van der Waals surface area contributed by atoms with E-state index >= 15 is 0 Å². The molecule has 0 aliphatic carbocycles. The van der Waals surface area contributed by atoms with Crippen LogP contribution in [-0.4, -0.2) is 24.8 Å². The number of amides is 1. The van der Waals surface area contributed by atoms with Gasteiger partial charge in [-0.2, -0.15) is 0 Å². The summed E-state index contributed by atoms with van der Waals surface area (Å²) in [5.74, 6) is 0.0630. The van der Waals surface area contributed by atoms with Gasteiger partial charge in [-0.05, 0) is 38.4 Å². The van der Waals surface area contributed by atoms with Crippen LogP contribution in [-0.2, 0) is 4.79 Å². The van der Waals surface area contributed by atoms with Gasteiger partial charge in [0.05, 0.1) is 5.92 Å². The van der Waals surface area contributed by atoms with Crippen LogP contribution in [0.4, 0.5) is 5.69 Å². The lowest BCUT2D eigenvalue weighted by molar-refractivity contribution is -0.120. The molecule has 0 radical (unpaired) electrons. The van der Waals surface area contributed by atoms with E-state index in [0.717, 1.165) is 25.9 Å². The Morgan fingerprint density at radius 2 is 2.16 bits per heavy atom. The molecule has 1 heterocycles. The molecule has 0 bridgehead atoms. The zero-order valence-corrected chi connectivity index (χ0v) is 11.8. The van der Waals surface area contributed by atoms with Crippen molar-refractivity contribution in [3.63, 3.8) is 0 Å². The minimum Gasteiger partial charge on any atom is -0.326 e. The summed E-state index contributed by atoms with van der Waals surface area (Å²) in [5.41, 5.74) is 1.31. The van der Waals surface area contributed by atoms with E-state index in [1.807, 2.05) is 0 Å². The number of hydrogen-bond acceptors (Lipinski definition) is 3. The first-order valence-electron chi connectivity index (χ1n) is 6.29. The quantitative estimate of drug-likeness (QED) is 0.836. The summed E-state index contributed by atoms with van der Waals surface area (Å²) in [6, 6.07) is 7.06. The van der Waals surface area contributed by atoms with Crippen LogP contribution in [0.2, 0.25) is 0 Å². The number of piperidine rings is 1. The second-order valence-electron chi connectivity index (χ2n) is 4.67. The van der Waals surface area contributed by atoms with Gasteiger partial charge in [0.25, 0.3) is 0 Å². The number of rotatable bonds is 3. The number of ketones is 1. The van der Waals surface area contributed by atoms with Crippen molar-refractivity contribution in [2.75, 3.05) is 18.4 Å². The van der Waals surface area contributed by atoms with E-state index in [9.17, 15) is 9.59 Å². The number of benzene rings is 1. The van der Waals surface area contributed by atoms with Crippen molar-refractivity contribution in [2.24, 2.45) is 5.92 Å². The molecule has 0 aromatic heterocycles. The Labute approximate surface area is 119 Å². The highest BCUT2D eigenvalue weighted by molar-refractivity contribution is 5.97. The average Bonchev–Trinajstić information content (AvgIpc) is 2.40. The Hall–Kier alpha value is -1.39. The van der Waals surface area contributed by atoms with Crippen molar-refractivity contribution in [1.82, 2.24) is 5.32 Å². The Bertz CT molecular complexity index is 457. The maximum Gasteiger partial charge on any atom is 0.228 e. The van der Waals surface area contributed by atoms with Crippen LogP contribution in [0.25, 0.3) is 0 Å². The molecule has 2 N–H and O–H groups in total. The molecule has 1 aliphatic heterocycles. The second-order valence-corrected chi connectivity index (χ2v) is 4.67. The fourth-order valence-corrected chi connectivity index (χ4v) is 2.14. The highest BCUT2D eigenvalue weighted by Crippen LogP contribution is 2.15. The van der Waals surface area contributed by atoms with E-state index in [4.69, 9.17) is 0 Å². The maximum absolute atomic E-state index is 12.0. The zero-order valence-electron chi connectivity index (χ0n) is 10.9. The zero-order chi connectivity index (χ0) is 13.0. The predicted octanol–water partition coefficient (Wildman–Crippen LogP) is 2.25. The molecule has 1 aromatic rings. The molecule has 0 saturated carbocycles. The molecule has 1 atom stereocenters. The number of Topliss-reactive ketones (excluding diaryl/α,β-unsaturated/α-hetero) is 1. The number of nitrogens with one attached hydrogen (secondary N) is 2. The summed E-state index contributed by atoms with van der Waals surface area (Å²) < 4.78 is 0.